The van der Waals surface area contributed by atoms with Crippen LogP contribution in [0.25, 0.3) is 0 Å². The van der Waals surface area contributed by atoms with Crippen LogP contribution in [0.1, 0.15) is 26.7 Å². The summed E-state index contributed by atoms with van der Waals surface area (Å²) in [5.74, 6) is -56.4. The maximum atomic E-state index is 14.3. The summed E-state index contributed by atoms with van der Waals surface area (Å²) in [4.78, 5) is 23.6. The Kier molecular flexibility index (Phi) is 12.3. The topological polar surface area (TPSA) is 85.9 Å². The minimum absolute atomic E-state index is 0.216. The van der Waals surface area contributed by atoms with Crippen molar-refractivity contribution in [1.29, 1.82) is 0 Å². The van der Waals surface area contributed by atoms with E-state index in [-0.39, 0.29) is 26.1 Å². The second-order valence-electron chi connectivity index (χ2n) is 8.90. The van der Waals surface area contributed by atoms with Crippen molar-refractivity contribution in [2.45, 2.75) is 68.4 Å². The number of hydrogen-bond acceptors (Lipinski definition) is 5. The second kappa shape index (κ2) is 14.1. The van der Waals surface area contributed by atoms with Crippen molar-refractivity contribution >= 4 is 23.6 Å². The van der Waals surface area contributed by atoms with Gasteiger partial charge >= 0.3 is 59.9 Å². The predicted molar refractivity (Wildman–Crippen MR) is 123 cm³/mol. The number of nitrogens with one attached hydrogen (secondary N) is 2. The molecule has 0 aliphatic carbocycles. The standard InChI is InChI=1S/C23H19F17N2O5/c1-3-5-45-15(43)41-10-7-11(42-16(44)46-6-4-2)9-12(8-10)47-14(25)13(24)17(26,27)18(28,29)19(30,31)20(32,33)21(34,35)22(36,37)23(38,39)40/h7-9H,3-6H2,1-2H3,(H,41,43)(H,42,44). The van der Waals surface area contributed by atoms with E-state index in [1.54, 1.807) is 0 Å². The Labute approximate surface area is 251 Å². The van der Waals surface area contributed by atoms with Crippen molar-refractivity contribution < 1.29 is 98.4 Å². The smallest absolute Gasteiger partial charge is 0.449 e. The predicted octanol–water partition coefficient (Wildman–Crippen LogP) is 9.46. The number of allylic oxidation sites excluding steroid dienone is 1. The van der Waals surface area contributed by atoms with E-state index in [2.05, 4.69) is 14.2 Å². The Morgan fingerprint density at radius 1 is 0.596 bits per heavy atom. The summed E-state index contributed by atoms with van der Waals surface area (Å²) in [6, 6.07) is -2.29. The molecule has 0 unspecified atom stereocenters. The molecule has 0 spiro atoms. The molecule has 0 radical (unpaired) electrons. The van der Waals surface area contributed by atoms with E-state index in [4.69, 9.17) is 0 Å². The first-order valence-electron chi connectivity index (χ1n) is 12.2. The van der Waals surface area contributed by atoms with Gasteiger partial charge in [0.2, 0.25) is 5.83 Å². The highest BCUT2D eigenvalue weighted by Crippen LogP contribution is 2.63. The van der Waals surface area contributed by atoms with E-state index in [1.807, 2.05) is 10.6 Å². The first-order valence-corrected chi connectivity index (χ1v) is 12.2. The zero-order valence-electron chi connectivity index (χ0n) is 23.0. The lowest BCUT2D eigenvalue weighted by atomic mass is 9.91. The van der Waals surface area contributed by atoms with Crippen molar-refractivity contribution in [3.8, 4) is 5.75 Å². The van der Waals surface area contributed by atoms with Gasteiger partial charge in [0.15, 0.2) is 0 Å². The van der Waals surface area contributed by atoms with Gasteiger partial charge in [0, 0.05) is 23.5 Å². The lowest BCUT2D eigenvalue weighted by Crippen LogP contribution is -2.72. The van der Waals surface area contributed by atoms with E-state index in [0.717, 1.165) is 6.07 Å². The molecule has 24 heteroatoms. The lowest BCUT2D eigenvalue weighted by Gasteiger charge is -2.41. The molecule has 2 amide bonds. The number of carbonyl (C=O) groups excluding carboxylic acids is 2. The summed E-state index contributed by atoms with van der Waals surface area (Å²) in [7, 11) is 0. The van der Waals surface area contributed by atoms with Crippen molar-refractivity contribution in [1.82, 2.24) is 0 Å². The van der Waals surface area contributed by atoms with Crippen LogP contribution in [-0.2, 0) is 9.47 Å². The van der Waals surface area contributed by atoms with Gasteiger partial charge in [0.1, 0.15) is 5.75 Å². The number of carbonyl (C=O) groups is 2. The van der Waals surface area contributed by atoms with E-state index in [9.17, 15) is 84.2 Å². The van der Waals surface area contributed by atoms with Crippen LogP contribution in [0.3, 0.4) is 0 Å². The molecule has 0 saturated carbocycles. The van der Waals surface area contributed by atoms with E-state index in [0.29, 0.717) is 12.1 Å². The Balaban J connectivity index is 3.64. The van der Waals surface area contributed by atoms with Crippen molar-refractivity contribution in [2.24, 2.45) is 0 Å². The van der Waals surface area contributed by atoms with Crippen molar-refractivity contribution in [3.05, 3.63) is 30.0 Å². The highest BCUT2D eigenvalue weighted by atomic mass is 19.4. The number of rotatable bonds is 14. The molecule has 2 N–H and O–H groups in total. The van der Waals surface area contributed by atoms with Crippen LogP contribution in [0.5, 0.6) is 5.75 Å². The summed E-state index contributed by atoms with van der Waals surface area (Å²) in [6.45, 7) is 2.64. The summed E-state index contributed by atoms with van der Waals surface area (Å²) in [5.41, 5.74) is -1.31. The Morgan fingerprint density at radius 2 is 0.957 bits per heavy atom. The molecule has 0 aliphatic heterocycles. The van der Waals surface area contributed by atoms with Gasteiger partial charge in [0.25, 0.3) is 0 Å². The van der Waals surface area contributed by atoms with Crippen LogP contribution >= 0.6 is 0 Å². The van der Waals surface area contributed by atoms with E-state index >= 15 is 0 Å². The largest absolute Gasteiger partial charge is 0.460 e. The number of ether oxygens (including phenoxy) is 3. The molecule has 0 atom stereocenters. The molecular formula is C23H19F17N2O5. The molecule has 270 valence electrons. The van der Waals surface area contributed by atoms with Crippen LogP contribution in [0, 0.1) is 0 Å². The Morgan fingerprint density at radius 3 is 1.32 bits per heavy atom. The molecule has 0 fully saturated rings. The highest BCUT2D eigenvalue weighted by Gasteiger charge is 2.93. The number of halogens is 17. The summed E-state index contributed by atoms with van der Waals surface area (Å²) in [5, 5.41) is 3.75. The Bertz CT molecular complexity index is 1270. The summed E-state index contributed by atoms with van der Waals surface area (Å²) < 4.78 is 242. The molecular weight excluding hydrogens is 707 g/mol. The van der Waals surface area contributed by atoms with Gasteiger partial charge in [-0.3, -0.25) is 10.6 Å². The third kappa shape index (κ3) is 7.99. The van der Waals surface area contributed by atoms with Gasteiger partial charge in [-0.25, -0.2) is 9.59 Å². The number of anilines is 2. The maximum Gasteiger partial charge on any atom is 0.460 e. The normalized spacial score (nSPS) is 14.3. The number of alkyl halides is 15. The average molecular weight is 726 g/mol. The zero-order chi connectivity index (χ0) is 37.0. The van der Waals surface area contributed by atoms with Crippen molar-refractivity contribution in [3.63, 3.8) is 0 Å². The third-order valence-electron chi connectivity index (χ3n) is 5.26. The number of amides is 2. The van der Waals surface area contributed by atoms with E-state index in [1.165, 1.54) is 13.8 Å². The molecule has 0 aromatic heterocycles. The number of benzene rings is 1. The van der Waals surface area contributed by atoms with Gasteiger partial charge in [-0.2, -0.15) is 74.6 Å². The van der Waals surface area contributed by atoms with Gasteiger partial charge in [-0.1, -0.05) is 13.8 Å². The molecule has 0 saturated heterocycles. The molecule has 0 heterocycles. The molecule has 1 aromatic carbocycles. The minimum atomic E-state index is -8.73. The first kappa shape index (κ1) is 41.1. The average Bonchev–Trinajstić information content (AvgIpc) is 2.93. The molecule has 0 bridgehead atoms. The molecule has 1 rings (SSSR count). The van der Waals surface area contributed by atoms with Crippen LogP contribution in [-0.4, -0.2) is 67.1 Å². The second-order valence-corrected chi connectivity index (χ2v) is 8.90. The fourth-order valence-electron chi connectivity index (χ4n) is 2.88. The number of hydrogen-bond donors (Lipinski definition) is 2. The fraction of sp³-hybridized carbons (Fsp3) is 0.565. The molecule has 7 nitrogen and oxygen atoms in total. The summed E-state index contributed by atoms with van der Waals surface area (Å²) >= 11 is 0. The van der Waals surface area contributed by atoms with Crippen LogP contribution in [0.2, 0.25) is 0 Å². The lowest BCUT2D eigenvalue weighted by molar-refractivity contribution is -0.451. The van der Waals surface area contributed by atoms with Crippen LogP contribution in [0.15, 0.2) is 30.0 Å². The monoisotopic (exact) mass is 726 g/mol. The zero-order valence-corrected chi connectivity index (χ0v) is 23.0. The van der Waals surface area contributed by atoms with Gasteiger partial charge in [0.05, 0.1) is 13.2 Å². The maximum absolute atomic E-state index is 14.3. The fourth-order valence-corrected chi connectivity index (χ4v) is 2.88. The van der Waals surface area contributed by atoms with Gasteiger partial charge in [-0.05, 0) is 18.9 Å². The molecule has 1 aromatic rings. The third-order valence-corrected chi connectivity index (χ3v) is 5.26. The van der Waals surface area contributed by atoms with Gasteiger partial charge in [-0.15, -0.1) is 0 Å². The minimum Gasteiger partial charge on any atom is -0.449 e. The Hall–Kier alpha value is -3.89. The van der Waals surface area contributed by atoms with Crippen LogP contribution < -0.4 is 15.4 Å². The first-order chi connectivity index (χ1) is 21.1. The molecule has 0 aliphatic rings. The highest BCUT2D eigenvalue weighted by molar-refractivity contribution is 5.89. The van der Waals surface area contributed by atoms with Crippen molar-refractivity contribution in [2.75, 3.05) is 23.8 Å². The SMILES string of the molecule is CCCOC(=O)Nc1cc(NC(=O)OCCC)cc(OC(F)=C(F)C(F)(F)C(F)(F)C(F)(F)C(F)(F)C(F)(F)C(F)(F)C(F)(F)F)c1. The summed E-state index contributed by atoms with van der Waals surface area (Å²) in [6.07, 6.45) is -9.93. The van der Waals surface area contributed by atoms with E-state index < -0.39 is 82.9 Å². The van der Waals surface area contributed by atoms with Crippen LogP contribution in [0.4, 0.5) is 95.6 Å². The quantitative estimate of drug-likeness (QED) is 0.147. The van der Waals surface area contributed by atoms with Gasteiger partial charge < -0.3 is 14.2 Å². The molecule has 47 heavy (non-hydrogen) atoms.